The summed E-state index contributed by atoms with van der Waals surface area (Å²) in [6, 6.07) is 4.21. The predicted octanol–water partition coefficient (Wildman–Crippen LogP) is 3.68. The topological polar surface area (TPSA) is 43.0 Å². The van der Waals surface area contributed by atoms with Gasteiger partial charge in [-0.3, -0.25) is 4.68 Å². The molecule has 0 fully saturated rings. The SMILES string of the molecule is CCNC(Cc1c(Cl)c(CC)nn1C)c1ccc(CC)o1. The van der Waals surface area contributed by atoms with Gasteiger partial charge in [-0.15, -0.1) is 0 Å². The average molecular weight is 310 g/mol. The Balaban J connectivity index is 2.26. The molecule has 2 rings (SSSR count). The maximum atomic E-state index is 6.45. The maximum Gasteiger partial charge on any atom is 0.121 e. The Bertz CT molecular complexity index is 588. The predicted molar refractivity (Wildman–Crippen MR) is 85.8 cm³/mol. The first-order chi connectivity index (χ1) is 10.1. The van der Waals surface area contributed by atoms with Crippen molar-refractivity contribution < 1.29 is 4.42 Å². The van der Waals surface area contributed by atoms with Crippen LogP contribution in [-0.2, 0) is 26.3 Å². The van der Waals surface area contributed by atoms with Crippen LogP contribution < -0.4 is 5.32 Å². The highest BCUT2D eigenvalue weighted by Crippen LogP contribution is 2.27. The van der Waals surface area contributed by atoms with Crippen LogP contribution in [0.3, 0.4) is 0 Å². The van der Waals surface area contributed by atoms with E-state index >= 15 is 0 Å². The van der Waals surface area contributed by atoms with Crippen LogP contribution in [0, 0.1) is 0 Å². The Morgan fingerprint density at radius 1 is 1.29 bits per heavy atom. The van der Waals surface area contributed by atoms with E-state index in [0.29, 0.717) is 0 Å². The van der Waals surface area contributed by atoms with Crippen LogP contribution in [0.1, 0.15) is 49.7 Å². The molecule has 1 N–H and O–H groups in total. The second-order valence-corrected chi connectivity index (χ2v) is 5.53. The monoisotopic (exact) mass is 309 g/mol. The molecule has 0 aromatic carbocycles. The zero-order chi connectivity index (χ0) is 15.4. The van der Waals surface area contributed by atoms with Crippen molar-refractivity contribution in [1.82, 2.24) is 15.1 Å². The molecule has 1 unspecified atom stereocenters. The fraction of sp³-hybridized carbons (Fsp3) is 0.562. The van der Waals surface area contributed by atoms with Crippen molar-refractivity contribution in [1.29, 1.82) is 0 Å². The molecule has 0 spiro atoms. The van der Waals surface area contributed by atoms with Gasteiger partial charge in [0.2, 0.25) is 0 Å². The van der Waals surface area contributed by atoms with Crippen LogP contribution >= 0.6 is 11.6 Å². The highest BCUT2D eigenvalue weighted by atomic mass is 35.5. The van der Waals surface area contributed by atoms with Gasteiger partial charge in [-0.1, -0.05) is 32.4 Å². The molecule has 0 amide bonds. The van der Waals surface area contributed by atoms with E-state index in [2.05, 4.69) is 37.3 Å². The summed E-state index contributed by atoms with van der Waals surface area (Å²) in [7, 11) is 1.95. The van der Waals surface area contributed by atoms with Crippen LogP contribution in [-0.4, -0.2) is 16.3 Å². The summed E-state index contributed by atoms with van der Waals surface area (Å²) in [4.78, 5) is 0. The standard InChI is InChI=1S/C16H24ClN3O/c1-5-11-8-9-15(21-11)13(18-7-3)10-14-16(17)12(6-2)19-20(14)4/h8-9,13,18H,5-7,10H2,1-4H3. The summed E-state index contributed by atoms with van der Waals surface area (Å²) in [5, 5.41) is 8.74. The first-order valence-electron chi connectivity index (χ1n) is 7.62. The zero-order valence-corrected chi connectivity index (χ0v) is 14.0. The lowest BCUT2D eigenvalue weighted by Crippen LogP contribution is -2.23. The number of aryl methyl sites for hydroxylation is 3. The molecule has 2 aromatic heterocycles. The molecule has 0 saturated carbocycles. The van der Waals surface area contributed by atoms with E-state index in [1.54, 1.807) is 0 Å². The number of halogens is 1. The molecule has 116 valence electrons. The number of hydrogen-bond donors (Lipinski definition) is 1. The lowest BCUT2D eigenvalue weighted by atomic mass is 10.1. The quantitative estimate of drug-likeness (QED) is 0.848. The van der Waals surface area contributed by atoms with Crippen LogP contribution in [0.15, 0.2) is 16.5 Å². The fourth-order valence-corrected chi connectivity index (χ4v) is 2.90. The lowest BCUT2D eigenvalue weighted by molar-refractivity contribution is 0.392. The summed E-state index contributed by atoms with van der Waals surface area (Å²) < 4.78 is 7.78. The van der Waals surface area contributed by atoms with E-state index in [1.165, 1.54) is 0 Å². The molecule has 2 heterocycles. The first-order valence-corrected chi connectivity index (χ1v) is 8.00. The van der Waals surface area contributed by atoms with Gasteiger partial charge >= 0.3 is 0 Å². The lowest BCUT2D eigenvalue weighted by Gasteiger charge is -2.16. The molecule has 5 heteroatoms. The molecular weight excluding hydrogens is 286 g/mol. The Kier molecular flexibility index (Phi) is 5.48. The minimum absolute atomic E-state index is 0.118. The Morgan fingerprint density at radius 2 is 2.05 bits per heavy atom. The van der Waals surface area contributed by atoms with Gasteiger partial charge in [0.1, 0.15) is 11.5 Å². The molecule has 1 atom stereocenters. The van der Waals surface area contributed by atoms with Crippen LogP contribution in [0.5, 0.6) is 0 Å². The molecule has 0 bridgehead atoms. The number of nitrogens with zero attached hydrogens (tertiary/aromatic N) is 2. The molecular formula is C16H24ClN3O. The summed E-state index contributed by atoms with van der Waals surface area (Å²) in [6.07, 6.45) is 2.53. The smallest absolute Gasteiger partial charge is 0.121 e. The number of nitrogens with one attached hydrogen (secondary N) is 1. The van der Waals surface area contributed by atoms with Crippen LogP contribution in [0.2, 0.25) is 5.02 Å². The molecule has 0 aliphatic rings. The maximum absolute atomic E-state index is 6.45. The largest absolute Gasteiger partial charge is 0.464 e. The van der Waals surface area contributed by atoms with Crippen LogP contribution in [0.4, 0.5) is 0 Å². The van der Waals surface area contributed by atoms with Gasteiger partial charge in [-0.25, -0.2) is 0 Å². The second-order valence-electron chi connectivity index (χ2n) is 5.16. The van der Waals surface area contributed by atoms with Crippen molar-refractivity contribution in [3.05, 3.63) is 40.1 Å². The minimum Gasteiger partial charge on any atom is -0.464 e. The zero-order valence-electron chi connectivity index (χ0n) is 13.2. The van der Waals surface area contributed by atoms with Gasteiger partial charge in [-0.2, -0.15) is 5.10 Å². The summed E-state index contributed by atoms with van der Waals surface area (Å²) in [5.74, 6) is 1.97. The Hall–Kier alpha value is -1.26. The molecule has 0 radical (unpaired) electrons. The molecule has 0 aliphatic heterocycles. The summed E-state index contributed by atoms with van der Waals surface area (Å²) in [6.45, 7) is 7.14. The van der Waals surface area contributed by atoms with Crippen molar-refractivity contribution in [2.45, 2.75) is 46.1 Å². The highest BCUT2D eigenvalue weighted by molar-refractivity contribution is 6.31. The van der Waals surface area contributed by atoms with Gasteiger partial charge < -0.3 is 9.73 Å². The molecule has 0 saturated heterocycles. The van der Waals surface area contributed by atoms with Gasteiger partial charge in [0.05, 0.1) is 22.5 Å². The van der Waals surface area contributed by atoms with E-state index in [4.69, 9.17) is 16.0 Å². The summed E-state index contributed by atoms with van der Waals surface area (Å²) >= 11 is 6.45. The van der Waals surface area contributed by atoms with E-state index in [0.717, 1.165) is 53.7 Å². The Labute approximate surface area is 131 Å². The third-order valence-corrected chi connectivity index (χ3v) is 4.16. The van der Waals surface area contributed by atoms with Crippen LogP contribution in [0.25, 0.3) is 0 Å². The number of likely N-dealkylation sites (N-methyl/N-ethyl adjacent to an activating group) is 1. The number of rotatable bonds is 7. The van der Waals surface area contributed by atoms with Crippen molar-refractivity contribution in [3.8, 4) is 0 Å². The van der Waals surface area contributed by atoms with Gasteiger partial charge in [0.25, 0.3) is 0 Å². The first kappa shape index (κ1) is 16.1. The normalized spacial score (nSPS) is 12.8. The number of furan rings is 1. The van der Waals surface area contributed by atoms with E-state index < -0.39 is 0 Å². The molecule has 21 heavy (non-hydrogen) atoms. The van der Waals surface area contributed by atoms with Gasteiger partial charge in [0.15, 0.2) is 0 Å². The van der Waals surface area contributed by atoms with E-state index in [9.17, 15) is 0 Å². The van der Waals surface area contributed by atoms with Crippen molar-refractivity contribution in [2.24, 2.45) is 7.05 Å². The molecule has 0 aliphatic carbocycles. The third-order valence-electron chi connectivity index (χ3n) is 3.73. The number of hydrogen-bond acceptors (Lipinski definition) is 3. The Morgan fingerprint density at radius 3 is 2.57 bits per heavy atom. The third kappa shape index (κ3) is 3.50. The highest BCUT2D eigenvalue weighted by Gasteiger charge is 2.21. The average Bonchev–Trinajstić information content (AvgIpc) is 3.05. The number of aromatic nitrogens is 2. The van der Waals surface area contributed by atoms with Gasteiger partial charge in [0, 0.05) is 19.9 Å². The second kappa shape index (κ2) is 7.14. The minimum atomic E-state index is 0.118. The van der Waals surface area contributed by atoms with Crippen molar-refractivity contribution in [3.63, 3.8) is 0 Å². The molecule has 4 nitrogen and oxygen atoms in total. The van der Waals surface area contributed by atoms with Crippen molar-refractivity contribution >= 4 is 11.6 Å². The van der Waals surface area contributed by atoms with Gasteiger partial charge in [-0.05, 0) is 25.1 Å². The fourth-order valence-electron chi connectivity index (χ4n) is 2.53. The summed E-state index contributed by atoms with van der Waals surface area (Å²) in [5.41, 5.74) is 2.01. The van der Waals surface area contributed by atoms with E-state index in [-0.39, 0.29) is 6.04 Å². The molecule has 2 aromatic rings. The van der Waals surface area contributed by atoms with Crippen molar-refractivity contribution in [2.75, 3.05) is 6.54 Å². The van der Waals surface area contributed by atoms with E-state index in [1.807, 2.05) is 17.8 Å².